The van der Waals surface area contributed by atoms with Crippen LogP contribution in [0.25, 0.3) is 0 Å². The number of hydrogen-bond acceptors (Lipinski definition) is 3. The monoisotopic (exact) mass is 230 g/mol. The fraction of sp³-hybridized carbons (Fsp3) is 0. The first kappa shape index (κ1) is 11.1. The first-order valence-electron chi connectivity index (χ1n) is 3.74. The van der Waals surface area contributed by atoms with Gasteiger partial charge in [-0.2, -0.15) is 0 Å². The van der Waals surface area contributed by atoms with Crippen molar-refractivity contribution in [3.63, 3.8) is 0 Å². The maximum atomic E-state index is 10.6. The molecule has 0 saturated heterocycles. The molecule has 0 radical (unpaired) electrons. The van der Waals surface area contributed by atoms with Gasteiger partial charge in [0, 0.05) is 0 Å². The Morgan fingerprint density at radius 2 is 2.00 bits per heavy atom. The molecule has 15 heavy (non-hydrogen) atoms. The molecule has 0 spiro atoms. The van der Waals surface area contributed by atoms with E-state index in [1.807, 2.05) is 0 Å². The normalized spacial score (nSPS) is 9.67. The second-order valence-electron chi connectivity index (χ2n) is 2.64. The van der Waals surface area contributed by atoms with Crippen molar-refractivity contribution in [1.82, 2.24) is 0 Å². The lowest BCUT2D eigenvalue weighted by Crippen LogP contribution is -2.19. The number of halogens is 1. The zero-order chi connectivity index (χ0) is 11.6. The van der Waals surface area contributed by atoms with E-state index in [0.717, 1.165) is 12.1 Å². The lowest BCUT2D eigenvalue weighted by molar-refractivity contribution is 0.0696. The third-order valence-electron chi connectivity index (χ3n) is 1.57. The number of carbonyl (C=O) groups excluding carboxylic acids is 1. The molecule has 5 N–H and O–H groups in total. The molecule has 1 aromatic rings. The number of phenols is 1. The van der Waals surface area contributed by atoms with Gasteiger partial charge in [-0.05, 0) is 12.1 Å². The van der Waals surface area contributed by atoms with E-state index in [0.29, 0.717) is 0 Å². The van der Waals surface area contributed by atoms with E-state index in [1.165, 1.54) is 0 Å². The molecule has 0 aromatic heterocycles. The Labute approximate surface area is 89.3 Å². The summed E-state index contributed by atoms with van der Waals surface area (Å²) in [5.41, 5.74) is 4.52. The van der Waals surface area contributed by atoms with Crippen LogP contribution in [0, 0.1) is 0 Å². The number of carbonyl (C=O) groups is 2. The van der Waals surface area contributed by atoms with E-state index in [-0.39, 0.29) is 16.3 Å². The number of benzene rings is 1. The van der Waals surface area contributed by atoms with Crippen molar-refractivity contribution in [2.45, 2.75) is 0 Å². The summed E-state index contributed by atoms with van der Waals surface area (Å²) in [6.07, 6.45) is 0. The highest BCUT2D eigenvalue weighted by atomic mass is 35.5. The number of urea groups is 1. The van der Waals surface area contributed by atoms with Crippen molar-refractivity contribution < 1.29 is 19.8 Å². The smallest absolute Gasteiger partial charge is 0.337 e. The number of hydrogen-bond donors (Lipinski definition) is 4. The summed E-state index contributed by atoms with van der Waals surface area (Å²) in [4.78, 5) is 21.1. The molecule has 0 aliphatic heterocycles. The maximum absolute atomic E-state index is 10.6. The molecule has 80 valence electrons. The quantitative estimate of drug-likeness (QED) is 0.573. The fourth-order valence-corrected chi connectivity index (χ4v) is 1.20. The number of phenolic OH excluding ortho intramolecular Hbond substituents is 1. The van der Waals surface area contributed by atoms with Gasteiger partial charge in [0.1, 0.15) is 5.75 Å². The van der Waals surface area contributed by atoms with Gasteiger partial charge in [-0.1, -0.05) is 11.6 Å². The predicted molar refractivity (Wildman–Crippen MR) is 53.3 cm³/mol. The summed E-state index contributed by atoms with van der Waals surface area (Å²) in [7, 11) is 0. The fourth-order valence-electron chi connectivity index (χ4n) is 0.959. The molecular formula is C8H7ClN2O4. The van der Waals surface area contributed by atoms with Gasteiger partial charge < -0.3 is 21.3 Å². The SMILES string of the molecule is NC(=O)Nc1cc(Cl)c(C(=O)O)cc1O. The first-order chi connectivity index (χ1) is 6.91. The highest BCUT2D eigenvalue weighted by Crippen LogP contribution is 2.30. The van der Waals surface area contributed by atoms with Gasteiger partial charge >= 0.3 is 12.0 Å². The summed E-state index contributed by atoms with van der Waals surface area (Å²) >= 11 is 5.60. The van der Waals surface area contributed by atoms with Crippen LogP contribution in [0.2, 0.25) is 5.02 Å². The van der Waals surface area contributed by atoms with Crippen molar-refractivity contribution in [1.29, 1.82) is 0 Å². The largest absolute Gasteiger partial charge is 0.506 e. The van der Waals surface area contributed by atoms with Gasteiger partial charge in [0.25, 0.3) is 0 Å². The molecule has 1 rings (SSSR count). The Hall–Kier alpha value is -1.95. The molecule has 0 aliphatic rings. The second-order valence-corrected chi connectivity index (χ2v) is 3.05. The van der Waals surface area contributed by atoms with Crippen LogP contribution in [-0.2, 0) is 0 Å². The lowest BCUT2D eigenvalue weighted by atomic mass is 10.2. The number of aromatic carboxylic acids is 1. The Morgan fingerprint density at radius 1 is 1.40 bits per heavy atom. The zero-order valence-electron chi connectivity index (χ0n) is 7.32. The minimum Gasteiger partial charge on any atom is -0.506 e. The van der Waals surface area contributed by atoms with E-state index in [4.69, 9.17) is 22.4 Å². The molecule has 6 nitrogen and oxygen atoms in total. The van der Waals surface area contributed by atoms with Crippen molar-refractivity contribution in [3.8, 4) is 5.75 Å². The Balaban J connectivity index is 3.19. The summed E-state index contributed by atoms with van der Waals surface area (Å²) in [6.45, 7) is 0. The van der Waals surface area contributed by atoms with Gasteiger partial charge in [0.05, 0.1) is 16.3 Å². The minimum atomic E-state index is -1.28. The van der Waals surface area contributed by atoms with Crippen LogP contribution in [0.4, 0.5) is 10.5 Å². The van der Waals surface area contributed by atoms with Gasteiger partial charge in [-0.15, -0.1) is 0 Å². The van der Waals surface area contributed by atoms with Crippen LogP contribution in [0.3, 0.4) is 0 Å². The van der Waals surface area contributed by atoms with Crippen LogP contribution in [0.1, 0.15) is 10.4 Å². The van der Waals surface area contributed by atoms with Crippen molar-refractivity contribution >= 4 is 29.3 Å². The summed E-state index contributed by atoms with van der Waals surface area (Å²) < 4.78 is 0. The van der Waals surface area contributed by atoms with E-state index in [1.54, 1.807) is 0 Å². The Kier molecular flexibility index (Phi) is 3.01. The van der Waals surface area contributed by atoms with Gasteiger partial charge in [-0.3, -0.25) is 0 Å². The molecule has 0 unspecified atom stereocenters. The van der Waals surface area contributed by atoms with Gasteiger partial charge in [-0.25, -0.2) is 9.59 Å². The van der Waals surface area contributed by atoms with Crippen LogP contribution in [0.15, 0.2) is 12.1 Å². The van der Waals surface area contributed by atoms with Gasteiger partial charge in [0.15, 0.2) is 0 Å². The number of amides is 2. The molecule has 0 atom stereocenters. The Bertz CT molecular complexity index is 433. The van der Waals surface area contributed by atoms with Crippen molar-refractivity contribution in [3.05, 3.63) is 22.7 Å². The molecule has 7 heteroatoms. The van der Waals surface area contributed by atoms with Crippen molar-refractivity contribution in [2.75, 3.05) is 5.32 Å². The average Bonchev–Trinajstić information content (AvgIpc) is 2.09. The van der Waals surface area contributed by atoms with Crippen LogP contribution < -0.4 is 11.1 Å². The highest BCUT2D eigenvalue weighted by molar-refractivity contribution is 6.34. The van der Waals surface area contributed by atoms with Gasteiger partial charge in [0.2, 0.25) is 0 Å². The van der Waals surface area contributed by atoms with Crippen molar-refractivity contribution in [2.24, 2.45) is 5.73 Å². The minimum absolute atomic E-state index is 0.0440. The number of primary amides is 1. The Morgan fingerprint density at radius 3 is 2.47 bits per heavy atom. The zero-order valence-corrected chi connectivity index (χ0v) is 8.08. The summed E-state index contributed by atoms with van der Waals surface area (Å²) in [6, 6.07) is 1.14. The third kappa shape index (κ3) is 2.50. The number of nitrogens with one attached hydrogen (secondary N) is 1. The van der Waals surface area contributed by atoms with Crippen LogP contribution in [-0.4, -0.2) is 22.2 Å². The number of carboxylic acids is 1. The molecule has 0 saturated carbocycles. The second kappa shape index (κ2) is 4.05. The van der Waals surface area contributed by atoms with E-state index in [2.05, 4.69) is 5.32 Å². The molecule has 0 aliphatic carbocycles. The summed E-state index contributed by atoms with van der Waals surface area (Å²) in [5.74, 6) is -1.70. The predicted octanol–water partition coefficient (Wildman–Crippen LogP) is 1.23. The number of rotatable bonds is 2. The standard InChI is InChI=1S/C8H7ClN2O4/c9-4-2-5(11-8(10)15)6(12)1-3(4)7(13)14/h1-2,12H,(H,13,14)(H3,10,11,15). The molecule has 0 fully saturated rings. The topological polar surface area (TPSA) is 113 Å². The highest BCUT2D eigenvalue weighted by Gasteiger charge is 2.13. The maximum Gasteiger partial charge on any atom is 0.337 e. The van der Waals surface area contributed by atoms with E-state index >= 15 is 0 Å². The molecule has 1 aromatic carbocycles. The molecule has 0 heterocycles. The van der Waals surface area contributed by atoms with Crippen LogP contribution in [0.5, 0.6) is 5.75 Å². The number of nitrogens with two attached hydrogens (primary N) is 1. The number of aromatic hydroxyl groups is 1. The van der Waals surface area contributed by atoms with E-state index in [9.17, 15) is 14.7 Å². The number of anilines is 1. The van der Waals surface area contributed by atoms with E-state index < -0.39 is 17.7 Å². The first-order valence-corrected chi connectivity index (χ1v) is 4.12. The summed E-state index contributed by atoms with van der Waals surface area (Å²) in [5, 5.41) is 20.0. The number of carboxylic acid groups (broad SMARTS) is 1. The third-order valence-corrected chi connectivity index (χ3v) is 1.89. The molecular weight excluding hydrogens is 224 g/mol. The lowest BCUT2D eigenvalue weighted by Gasteiger charge is -2.07. The molecule has 0 bridgehead atoms. The molecule has 2 amide bonds. The average molecular weight is 231 g/mol. The van der Waals surface area contributed by atoms with Crippen LogP contribution >= 0.6 is 11.6 Å².